The minimum atomic E-state index is -1.18. The highest BCUT2D eigenvalue weighted by Gasteiger charge is 2.46. The quantitative estimate of drug-likeness (QED) is 0.286. The van der Waals surface area contributed by atoms with Gasteiger partial charge in [-0.25, -0.2) is 0 Å². The van der Waals surface area contributed by atoms with Crippen molar-refractivity contribution < 1.29 is 29.1 Å². The minimum Gasteiger partial charge on any atom is -0.480 e. The second kappa shape index (κ2) is 7.98. The van der Waals surface area contributed by atoms with Crippen molar-refractivity contribution in [3.8, 4) is 0 Å². The number of carboxylic acids is 1. The van der Waals surface area contributed by atoms with Gasteiger partial charge in [0.15, 0.2) is 0 Å². The molecule has 4 amide bonds. The molecule has 1 fully saturated rings. The Morgan fingerprint density at radius 1 is 1.31 bits per heavy atom. The molecule has 2 N–H and O–H groups in total. The molecule has 0 spiro atoms. The molecule has 1 saturated heterocycles. The molecule has 3 rings (SSSR count). The Morgan fingerprint density at radius 3 is 2.72 bits per heavy atom. The van der Waals surface area contributed by atoms with Crippen LogP contribution < -0.4 is 10.2 Å². The number of carbonyl (C=O) groups excluding carboxylic acids is 4. The number of benzene rings is 1. The van der Waals surface area contributed by atoms with Crippen LogP contribution in [0.5, 0.6) is 0 Å². The molecule has 12 heteroatoms. The predicted molar refractivity (Wildman–Crippen MR) is 97.0 cm³/mol. The van der Waals surface area contributed by atoms with Crippen LogP contribution in [0.1, 0.15) is 33.6 Å². The average Bonchev–Trinajstić information content (AvgIpc) is 2.92. The van der Waals surface area contributed by atoms with Gasteiger partial charge in [0.25, 0.3) is 11.8 Å². The van der Waals surface area contributed by atoms with Crippen LogP contribution in [0, 0.1) is 0 Å². The van der Waals surface area contributed by atoms with Crippen molar-refractivity contribution >= 4 is 35.3 Å². The number of imide groups is 2. The summed E-state index contributed by atoms with van der Waals surface area (Å²) in [4.78, 5) is 65.4. The van der Waals surface area contributed by atoms with Gasteiger partial charge in [0.1, 0.15) is 12.6 Å². The fraction of sp³-hybridized carbons (Fsp3) is 0.353. The number of hydrogen-bond donors (Lipinski definition) is 2. The highest BCUT2D eigenvalue weighted by molar-refractivity contribution is 6.25. The highest BCUT2D eigenvalue weighted by Crippen LogP contribution is 2.34. The van der Waals surface area contributed by atoms with Crippen molar-refractivity contribution in [1.29, 1.82) is 0 Å². The van der Waals surface area contributed by atoms with Crippen LogP contribution in [-0.4, -0.2) is 65.3 Å². The first-order valence-electron chi connectivity index (χ1n) is 8.67. The summed E-state index contributed by atoms with van der Waals surface area (Å²) in [7, 11) is 0. The predicted octanol–water partition coefficient (Wildman–Crippen LogP) is 0.289. The van der Waals surface area contributed by atoms with E-state index in [1.165, 1.54) is 23.1 Å². The van der Waals surface area contributed by atoms with E-state index in [9.17, 15) is 29.1 Å². The SMILES string of the molecule is [N-]=[N+]=NCCN(CC(=O)O)c1cccc2c1C(=O)N(C1CCC(=O)NC1=O)C2=O. The largest absolute Gasteiger partial charge is 0.480 e. The number of aliphatic carboxylic acids is 1. The molecule has 2 heterocycles. The number of carbonyl (C=O) groups is 5. The maximum absolute atomic E-state index is 13.1. The summed E-state index contributed by atoms with van der Waals surface area (Å²) in [6.07, 6.45) is 0.00909. The summed E-state index contributed by atoms with van der Waals surface area (Å²) in [5.41, 5.74) is 8.64. The smallest absolute Gasteiger partial charge is 0.323 e. The van der Waals surface area contributed by atoms with Gasteiger partial charge in [0, 0.05) is 24.4 Å². The van der Waals surface area contributed by atoms with Crippen LogP contribution >= 0.6 is 0 Å². The number of hydrogen-bond acceptors (Lipinski definition) is 7. The average molecular weight is 400 g/mol. The molecule has 12 nitrogen and oxygen atoms in total. The van der Waals surface area contributed by atoms with Crippen molar-refractivity contribution in [2.75, 3.05) is 24.5 Å². The Hall–Kier alpha value is -3.92. The highest BCUT2D eigenvalue weighted by atomic mass is 16.4. The van der Waals surface area contributed by atoms with Crippen LogP contribution in [0.15, 0.2) is 23.3 Å². The van der Waals surface area contributed by atoms with Crippen LogP contribution in [-0.2, 0) is 14.4 Å². The number of nitrogens with one attached hydrogen (secondary N) is 1. The first-order chi connectivity index (χ1) is 13.8. The van der Waals surface area contributed by atoms with Gasteiger partial charge in [-0.2, -0.15) is 0 Å². The van der Waals surface area contributed by atoms with E-state index < -0.39 is 42.2 Å². The number of nitrogens with zero attached hydrogens (tertiary/aromatic N) is 5. The topological polar surface area (TPSA) is 173 Å². The number of anilines is 1. The zero-order valence-corrected chi connectivity index (χ0v) is 15.1. The summed E-state index contributed by atoms with van der Waals surface area (Å²) in [6.45, 7) is -0.531. The van der Waals surface area contributed by atoms with Crippen molar-refractivity contribution in [3.05, 3.63) is 39.8 Å². The number of piperidine rings is 1. The van der Waals surface area contributed by atoms with E-state index in [2.05, 4.69) is 15.3 Å². The first kappa shape index (κ1) is 19.8. The van der Waals surface area contributed by atoms with E-state index in [-0.39, 0.29) is 42.7 Å². The van der Waals surface area contributed by atoms with Crippen LogP contribution in [0.2, 0.25) is 0 Å². The zero-order chi connectivity index (χ0) is 21.1. The standard InChI is InChI=1S/C17H16N6O6/c18-21-19-6-7-22(8-13(25)26)10-3-1-2-9-14(10)17(29)23(16(9)28)11-4-5-12(24)20-15(11)27/h1-3,11H,4-8H2,(H,25,26)(H,20,24,27). The third kappa shape index (κ3) is 3.73. The summed E-state index contributed by atoms with van der Waals surface area (Å²) in [6, 6.07) is 3.27. The molecule has 1 aromatic rings. The Labute approximate surface area is 163 Å². The second-order valence-corrected chi connectivity index (χ2v) is 6.42. The summed E-state index contributed by atoms with van der Waals surface area (Å²) in [5, 5.41) is 14.7. The lowest BCUT2D eigenvalue weighted by Gasteiger charge is -2.28. The van der Waals surface area contributed by atoms with Gasteiger partial charge in [-0.1, -0.05) is 11.2 Å². The molecule has 0 aliphatic carbocycles. The maximum atomic E-state index is 13.1. The summed E-state index contributed by atoms with van der Waals surface area (Å²) < 4.78 is 0. The second-order valence-electron chi connectivity index (χ2n) is 6.42. The van der Waals surface area contributed by atoms with E-state index in [0.717, 1.165) is 4.90 Å². The molecular formula is C17H16N6O6. The van der Waals surface area contributed by atoms with Crippen molar-refractivity contribution in [3.63, 3.8) is 0 Å². The monoisotopic (exact) mass is 400 g/mol. The lowest BCUT2D eigenvalue weighted by Crippen LogP contribution is -2.54. The Balaban J connectivity index is 1.98. The number of rotatable bonds is 7. The Kier molecular flexibility index (Phi) is 5.46. The van der Waals surface area contributed by atoms with E-state index in [1.807, 2.05) is 0 Å². The number of fused-ring (bicyclic) bond motifs is 1. The molecule has 0 saturated carbocycles. The van der Waals surface area contributed by atoms with Crippen molar-refractivity contribution in [1.82, 2.24) is 10.2 Å². The van der Waals surface area contributed by atoms with Crippen molar-refractivity contribution in [2.45, 2.75) is 18.9 Å². The van der Waals surface area contributed by atoms with Crippen LogP contribution in [0.3, 0.4) is 0 Å². The number of carboxylic acid groups (broad SMARTS) is 1. The Morgan fingerprint density at radius 2 is 2.07 bits per heavy atom. The summed E-state index contributed by atoms with van der Waals surface area (Å²) >= 11 is 0. The molecule has 1 aromatic carbocycles. The fourth-order valence-electron chi connectivity index (χ4n) is 3.42. The zero-order valence-electron chi connectivity index (χ0n) is 15.1. The lowest BCUT2D eigenvalue weighted by molar-refractivity contribution is -0.137. The van der Waals surface area contributed by atoms with E-state index in [1.54, 1.807) is 0 Å². The van der Waals surface area contributed by atoms with Gasteiger partial charge < -0.3 is 10.0 Å². The van der Waals surface area contributed by atoms with Gasteiger partial charge in [0.05, 0.1) is 16.8 Å². The van der Waals surface area contributed by atoms with Crippen LogP contribution in [0.25, 0.3) is 10.4 Å². The fourth-order valence-corrected chi connectivity index (χ4v) is 3.42. The molecular weight excluding hydrogens is 384 g/mol. The molecule has 2 aliphatic rings. The van der Waals surface area contributed by atoms with Crippen LogP contribution in [0.4, 0.5) is 5.69 Å². The van der Waals surface area contributed by atoms with Gasteiger partial charge in [-0.05, 0) is 24.1 Å². The van der Waals surface area contributed by atoms with E-state index in [4.69, 9.17) is 5.53 Å². The third-order valence-corrected chi connectivity index (χ3v) is 4.65. The van der Waals surface area contributed by atoms with Crippen molar-refractivity contribution in [2.24, 2.45) is 5.11 Å². The van der Waals surface area contributed by atoms with E-state index in [0.29, 0.717) is 0 Å². The maximum Gasteiger partial charge on any atom is 0.323 e. The number of amides is 4. The van der Waals surface area contributed by atoms with Gasteiger partial charge in [-0.3, -0.25) is 34.2 Å². The summed E-state index contributed by atoms with van der Waals surface area (Å²) in [5.74, 6) is -3.82. The first-order valence-corrected chi connectivity index (χ1v) is 8.67. The molecule has 1 atom stereocenters. The van der Waals surface area contributed by atoms with E-state index >= 15 is 0 Å². The molecule has 2 aliphatic heterocycles. The molecule has 0 aromatic heterocycles. The van der Waals surface area contributed by atoms with Gasteiger partial charge >= 0.3 is 5.97 Å². The molecule has 150 valence electrons. The number of azide groups is 1. The lowest BCUT2D eigenvalue weighted by atomic mass is 10.0. The molecule has 1 unspecified atom stereocenters. The third-order valence-electron chi connectivity index (χ3n) is 4.65. The molecule has 0 radical (unpaired) electrons. The van der Waals surface area contributed by atoms with Gasteiger partial charge in [0.2, 0.25) is 11.8 Å². The molecule has 29 heavy (non-hydrogen) atoms. The minimum absolute atomic E-state index is 0.00598. The van der Waals surface area contributed by atoms with Gasteiger partial charge in [-0.15, -0.1) is 0 Å². The normalized spacial score (nSPS) is 18.2. The molecule has 0 bridgehead atoms. The Bertz CT molecular complexity index is 969.